The fraction of sp³-hybridized carbons (Fsp3) is 0.100. The Balaban J connectivity index is 2.90. The van der Waals surface area contributed by atoms with Crippen molar-refractivity contribution in [1.29, 1.82) is 10.7 Å². The zero-order chi connectivity index (χ0) is 12.1. The number of nitrogens with zero attached hydrogens (tertiary/aromatic N) is 2. The molecule has 4 N–H and O–H groups in total. The van der Waals surface area contributed by atoms with Crippen molar-refractivity contribution in [1.82, 2.24) is 0 Å². The van der Waals surface area contributed by atoms with E-state index in [1.165, 1.54) is 0 Å². The van der Waals surface area contributed by atoms with Gasteiger partial charge in [-0.1, -0.05) is 11.6 Å². The number of nitrogens with two attached hydrogens (primary N) is 1. The van der Waals surface area contributed by atoms with Gasteiger partial charge >= 0.3 is 0 Å². The van der Waals surface area contributed by atoms with Crippen molar-refractivity contribution in [3.63, 3.8) is 0 Å². The van der Waals surface area contributed by atoms with Gasteiger partial charge in [-0.3, -0.25) is 10.8 Å². The normalized spacial score (nSPS) is 10.7. The van der Waals surface area contributed by atoms with Gasteiger partial charge in [0, 0.05) is 5.02 Å². The number of amidine groups is 1. The van der Waals surface area contributed by atoms with E-state index in [9.17, 15) is 0 Å². The molecule has 0 amide bonds. The predicted octanol–water partition coefficient (Wildman–Crippen LogP) is 1.88. The van der Waals surface area contributed by atoms with Gasteiger partial charge in [-0.15, -0.1) is 0 Å². The fourth-order valence-electron chi connectivity index (χ4n) is 1.01. The first-order valence-electron chi connectivity index (χ1n) is 4.39. The lowest BCUT2D eigenvalue weighted by atomic mass is 10.2. The number of nitriles is 1. The molecule has 0 aliphatic heterocycles. The molecule has 0 saturated carbocycles. The van der Waals surface area contributed by atoms with Crippen LogP contribution in [0.3, 0.4) is 0 Å². The van der Waals surface area contributed by atoms with Crippen LogP contribution in [0.4, 0.5) is 5.69 Å². The van der Waals surface area contributed by atoms with Gasteiger partial charge in [-0.25, -0.2) is 0 Å². The number of rotatable bonds is 3. The third-order valence-corrected chi connectivity index (χ3v) is 2.07. The van der Waals surface area contributed by atoms with E-state index in [2.05, 4.69) is 10.5 Å². The maximum atomic E-state index is 8.63. The Morgan fingerprint density at radius 3 is 2.81 bits per heavy atom. The van der Waals surface area contributed by atoms with Crippen molar-refractivity contribution in [3.8, 4) is 6.07 Å². The van der Waals surface area contributed by atoms with Gasteiger partial charge in [0.2, 0.25) is 5.71 Å². The molecule has 0 aliphatic rings. The van der Waals surface area contributed by atoms with Crippen molar-refractivity contribution < 1.29 is 0 Å². The lowest BCUT2D eigenvalue weighted by molar-refractivity contribution is 1.30. The Bertz CT molecular complexity index is 486. The minimum atomic E-state index is -0.374. The molecule has 0 aromatic heterocycles. The Labute approximate surface area is 98.0 Å². The molecular weight excluding hydrogens is 226 g/mol. The van der Waals surface area contributed by atoms with Gasteiger partial charge in [-0.2, -0.15) is 10.4 Å². The zero-order valence-corrected chi connectivity index (χ0v) is 9.34. The highest BCUT2D eigenvalue weighted by Gasteiger charge is 2.02. The summed E-state index contributed by atoms with van der Waals surface area (Å²) in [4.78, 5) is 0. The van der Waals surface area contributed by atoms with Crippen LogP contribution in [0.25, 0.3) is 0 Å². The smallest absolute Gasteiger partial charge is 0.201 e. The number of benzene rings is 1. The van der Waals surface area contributed by atoms with Crippen molar-refractivity contribution >= 4 is 28.8 Å². The standard InChI is InChI=1S/C10H10ClN5/c1-6-4-7(11)2-3-8(6)15-16-9(5-12)10(13)14/h2-4,15H,1H3,(H3,13,14)/b16-9+. The van der Waals surface area contributed by atoms with Crippen LogP contribution in [0.1, 0.15) is 5.56 Å². The summed E-state index contributed by atoms with van der Waals surface area (Å²) >= 11 is 5.79. The number of hydrazone groups is 1. The lowest BCUT2D eigenvalue weighted by Crippen LogP contribution is -2.21. The average Bonchev–Trinajstić information content (AvgIpc) is 2.21. The molecule has 1 aromatic carbocycles. The van der Waals surface area contributed by atoms with Gasteiger partial charge in [0.15, 0.2) is 5.84 Å². The number of anilines is 1. The molecule has 5 nitrogen and oxygen atoms in total. The maximum absolute atomic E-state index is 8.63. The highest BCUT2D eigenvalue weighted by molar-refractivity contribution is 6.45. The van der Waals surface area contributed by atoms with Crippen molar-refractivity contribution in [2.24, 2.45) is 10.8 Å². The third-order valence-electron chi connectivity index (χ3n) is 1.84. The summed E-state index contributed by atoms with van der Waals surface area (Å²) in [6.07, 6.45) is 0. The summed E-state index contributed by atoms with van der Waals surface area (Å²) in [5.74, 6) is -0.374. The molecular formula is C10H10ClN5. The number of halogens is 1. The number of aryl methyl sites for hydroxylation is 1. The quantitative estimate of drug-likeness (QED) is 0.424. The Kier molecular flexibility index (Phi) is 3.86. The Morgan fingerprint density at radius 2 is 2.31 bits per heavy atom. The molecule has 82 valence electrons. The summed E-state index contributed by atoms with van der Waals surface area (Å²) in [5.41, 5.74) is 9.24. The Morgan fingerprint density at radius 1 is 1.62 bits per heavy atom. The molecule has 0 bridgehead atoms. The molecule has 0 radical (unpaired) electrons. The largest absolute Gasteiger partial charge is 0.382 e. The first-order chi connectivity index (χ1) is 7.54. The average molecular weight is 236 g/mol. The number of hydrogen-bond acceptors (Lipinski definition) is 4. The van der Waals surface area contributed by atoms with Gasteiger partial charge in [0.05, 0.1) is 5.69 Å². The second-order valence-corrected chi connectivity index (χ2v) is 3.49. The van der Waals surface area contributed by atoms with Crippen LogP contribution < -0.4 is 11.2 Å². The molecule has 0 fully saturated rings. The van der Waals surface area contributed by atoms with Crippen molar-refractivity contribution in [2.75, 3.05) is 5.43 Å². The van der Waals surface area contributed by atoms with Crippen LogP contribution in [0.2, 0.25) is 5.02 Å². The van der Waals surface area contributed by atoms with E-state index in [0.29, 0.717) is 10.7 Å². The van der Waals surface area contributed by atoms with Gasteiger partial charge in [0.1, 0.15) is 6.07 Å². The summed E-state index contributed by atoms with van der Waals surface area (Å²) < 4.78 is 0. The summed E-state index contributed by atoms with van der Waals surface area (Å²) in [5, 5.41) is 20.0. The van der Waals surface area contributed by atoms with E-state index in [1.807, 2.05) is 6.92 Å². The van der Waals surface area contributed by atoms with Crippen LogP contribution >= 0.6 is 11.6 Å². The van der Waals surface area contributed by atoms with E-state index in [4.69, 9.17) is 28.0 Å². The highest BCUT2D eigenvalue weighted by atomic mass is 35.5. The molecule has 6 heteroatoms. The van der Waals surface area contributed by atoms with E-state index >= 15 is 0 Å². The molecule has 1 rings (SSSR count). The predicted molar refractivity (Wildman–Crippen MR) is 64.8 cm³/mol. The molecule has 0 saturated heterocycles. The molecule has 0 unspecified atom stereocenters. The number of nitrogens with one attached hydrogen (secondary N) is 2. The lowest BCUT2D eigenvalue weighted by Gasteiger charge is -2.05. The van der Waals surface area contributed by atoms with Crippen molar-refractivity contribution in [2.45, 2.75) is 6.92 Å². The van der Waals surface area contributed by atoms with E-state index in [1.54, 1.807) is 24.3 Å². The van der Waals surface area contributed by atoms with Gasteiger partial charge in [0.25, 0.3) is 0 Å². The molecule has 0 atom stereocenters. The summed E-state index contributed by atoms with van der Waals surface area (Å²) in [6.45, 7) is 1.85. The molecule has 0 heterocycles. The van der Waals surface area contributed by atoms with Crippen LogP contribution in [-0.4, -0.2) is 11.5 Å². The topological polar surface area (TPSA) is 98.0 Å². The molecule has 0 spiro atoms. The molecule has 16 heavy (non-hydrogen) atoms. The van der Waals surface area contributed by atoms with Crippen LogP contribution in [0.15, 0.2) is 23.3 Å². The Hall–Kier alpha value is -2.06. The minimum absolute atomic E-state index is 0.158. The highest BCUT2D eigenvalue weighted by Crippen LogP contribution is 2.19. The minimum Gasteiger partial charge on any atom is -0.382 e. The van der Waals surface area contributed by atoms with E-state index < -0.39 is 0 Å². The van der Waals surface area contributed by atoms with Gasteiger partial charge in [-0.05, 0) is 30.7 Å². The number of hydrogen-bond donors (Lipinski definition) is 3. The first-order valence-corrected chi connectivity index (χ1v) is 4.76. The summed E-state index contributed by atoms with van der Waals surface area (Å²) in [7, 11) is 0. The third kappa shape index (κ3) is 2.97. The second-order valence-electron chi connectivity index (χ2n) is 3.06. The summed E-state index contributed by atoms with van der Waals surface area (Å²) in [6, 6.07) is 6.91. The van der Waals surface area contributed by atoms with E-state index in [0.717, 1.165) is 5.56 Å². The van der Waals surface area contributed by atoms with E-state index in [-0.39, 0.29) is 11.5 Å². The zero-order valence-electron chi connectivity index (χ0n) is 8.58. The second kappa shape index (κ2) is 5.14. The van der Waals surface area contributed by atoms with Crippen LogP contribution in [0.5, 0.6) is 0 Å². The van der Waals surface area contributed by atoms with Gasteiger partial charge < -0.3 is 5.73 Å². The molecule has 1 aromatic rings. The van der Waals surface area contributed by atoms with Crippen LogP contribution in [0, 0.1) is 23.7 Å². The SMILES string of the molecule is Cc1cc(Cl)ccc1N/N=C(\C#N)C(=N)N. The fourth-order valence-corrected chi connectivity index (χ4v) is 1.24. The monoisotopic (exact) mass is 235 g/mol. The van der Waals surface area contributed by atoms with Crippen molar-refractivity contribution in [3.05, 3.63) is 28.8 Å². The first kappa shape index (κ1) is 12.0. The van der Waals surface area contributed by atoms with Crippen LogP contribution in [-0.2, 0) is 0 Å². The molecule has 0 aliphatic carbocycles. The maximum Gasteiger partial charge on any atom is 0.201 e.